The van der Waals surface area contributed by atoms with Crippen molar-refractivity contribution < 1.29 is 14.7 Å². The number of rotatable bonds is 3. The first-order valence-electron chi connectivity index (χ1n) is 2.52. The van der Waals surface area contributed by atoms with E-state index in [2.05, 4.69) is 0 Å². The number of carbonyl (C=O) groups is 2. The molecule has 1 N–H and O–H groups in total. The van der Waals surface area contributed by atoms with Crippen LogP contribution in [-0.2, 0) is 9.59 Å². The highest BCUT2D eigenvalue weighted by atomic mass is 16.4. The van der Waals surface area contributed by atoms with Gasteiger partial charge < -0.3 is 9.90 Å². The van der Waals surface area contributed by atoms with Crippen molar-refractivity contribution in [2.75, 3.05) is 0 Å². The summed E-state index contributed by atoms with van der Waals surface area (Å²) in [5.41, 5.74) is 0.210. The topological polar surface area (TPSA) is 54.4 Å². The molecule has 0 aliphatic carbocycles. The lowest BCUT2D eigenvalue weighted by molar-refractivity contribution is -0.132. The summed E-state index contributed by atoms with van der Waals surface area (Å²) >= 11 is 0. The predicted octanol–water partition coefficient (Wildman–Crippen LogP) is 0.606. The molecule has 0 heterocycles. The van der Waals surface area contributed by atoms with Crippen LogP contribution in [0.25, 0.3) is 0 Å². The number of carbonyl (C=O) groups excluding carboxylic acids is 1. The summed E-state index contributed by atoms with van der Waals surface area (Å²) in [6, 6.07) is 0. The number of carboxylic acid groups (broad SMARTS) is 1. The van der Waals surface area contributed by atoms with E-state index in [0.29, 0.717) is 6.29 Å². The number of hydrogen-bond acceptors (Lipinski definition) is 2. The van der Waals surface area contributed by atoms with E-state index in [1.165, 1.54) is 13.0 Å². The van der Waals surface area contributed by atoms with E-state index in [-0.39, 0.29) is 12.0 Å². The molecule has 0 saturated carbocycles. The largest absolute Gasteiger partial charge is 0.478 e. The third-order valence-electron chi connectivity index (χ3n) is 0.858. The lowest BCUT2D eigenvalue weighted by Gasteiger charge is -1.86. The molecular weight excluding hydrogens is 120 g/mol. The molecule has 0 radical (unpaired) electrons. The second-order valence-corrected chi connectivity index (χ2v) is 1.59. The number of aldehydes is 1. The molecule has 0 aliphatic rings. The van der Waals surface area contributed by atoms with Crippen molar-refractivity contribution >= 4 is 12.3 Å². The maximum atomic E-state index is 10.0. The summed E-state index contributed by atoms with van der Waals surface area (Å²) in [5.74, 6) is -0.975. The molecule has 0 aromatic heterocycles. The predicted molar refractivity (Wildman–Crippen MR) is 32.1 cm³/mol. The van der Waals surface area contributed by atoms with E-state index in [4.69, 9.17) is 5.11 Å². The van der Waals surface area contributed by atoms with Crippen LogP contribution in [0.4, 0.5) is 0 Å². The van der Waals surface area contributed by atoms with Gasteiger partial charge in [-0.1, -0.05) is 6.08 Å². The van der Waals surface area contributed by atoms with Crippen LogP contribution in [0, 0.1) is 0 Å². The third kappa shape index (κ3) is 3.46. The maximum Gasteiger partial charge on any atom is 0.330 e. The Morgan fingerprint density at radius 1 is 1.67 bits per heavy atom. The average molecular weight is 128 g/mol. The maximum absolute atomic E-state index is 10.0. The van der Waals surface area contributed by atoms with Crippen LogP contribution in [0.3, 0.4) is 0 Å². The first-order valence-corrected chi connectivity index (χ1v) is 2.52. The third-order valence-corrected chi connectivity index (χ3v) is 0.858. The molecular formula is C6H8O3. The normalized spacial score (nSPS) is 11.0. The smallest absolute Gasteiger partial charge is 0.330 e. The molecule has 3 nitrogen and oxygen atoms in total. The quantitative estimate of drug-likeness (QED) is 0.447. The molecule has 0 atom stereocenters. The Balaban J connectivity index is 3.83. The van der Waals surface area contributed by atoms with Gasteiger partial charge in [-0.2, -0.15) is 0 Å². The molecule has 0 aliphatic heterocycles. The summed E-state index contributed by atoms with van der Waals surface area (Å²) in [5, 5.41) is 8.22. The van der Waals surface area contributed by atoms with Crippen molar-refractivity contribution in [3.05, 3.63) is 11.6 Å². The van der Waals surface area contributed by atoms with E-state index < -0.39 is 5.97 Å². The molecule has 0 unspecified atom stereocenters. The van der Waals surface area contributed by atoms with Crippen LogP contribution in [-0.4, -0.2) is 17.4 Å². The first kappa shape index (κ1) is 7.88. The molecule has 0 aromatic rings. The average Bonchev–Trinajstić information content (AvgIpc) is 1.82. The number of carboxylic acids is 1. The van der Waals surface area contributed by atoms with E-state index in [9.17, 15) is 9.59 Å². The molecule has 0 bridgehead atoms. The van der Waals surface area contributed by atoms with Gasteiger partial charge in [-0.15, -0.1) is 0 Å². The lowest BCUT2D eigenvalue weighted by Crippen LogP contribution is -1.95. The van der Waals surface area contributed by atoms with Crippen LogP contribution < -0.4 is 0 Å². The van der Waals surface area contributed by atoms with Gasteiger partial charge in [0.05, 0.1) is 0 Å². The Morgan fingerprint density at radius 3 is 2.56 bits per heavy atom. The van der Waals surface area contributed by atoms with Crippen LogP contribution in [0.1, 0.15) is 13.3 Å². The monoisotopic (exact) mass is 128 g/mol. The molecule has 3 heteroatoms. The minimum Gasteiger partial charge on any atom is -0.478 e. The highest BCUT2D eigenvalue weighted by Crippen LogP contribution is 1.92. The van der Waals surface area contributed by atoms with Gasteiger partial charge in [-0.25, -0.2) is 4.79 Å². The van der Waals surface area contributed by atoms with Crippen LogP contribution >= 0.6 is 0 Å². The van der Waals surface area contributed by atoms with Gasteiger partial charge in [0.1, 0.15) is 6.29 Å². The highest BCUT2D eigenvalue weighted by Gasteiger charge is 1.96. The fraction of sp³-hybridized carbons (Fsp3) is 0.333. The second-order valence-electron chi connectivity index (χ2n) is 1.59. The van der Waals surface area contributed by atoms with E-state index in [1.54, 1.807) is 0 Å². The van der Waals surface area contributed by atoms with Gasteiger partial charge in [0, 0.05) is 12.0 Å². The van der Waals surface area contributed by atoms with E-state index in [1.807, 2.05) is 0 Å². The van der Waals surface area contributed by atoms with Gasteiger partial charge in [0.25, 0.3) is 0 Å². The molecule has 0 saturated heterocycles. The fourth-order valence-corrected chi connectivity index (χ4v) is 0.312. The van der Waals surface area contributed by atoms with Crippen LogP contribution in [0.5, 0.6) is 0 Å². The zero-order chi connectivity index (χ0) is 7.28. The fourth-order valence-electron chi connectivity index (χ4n) is 0.312. The summed E-state index contributed by atoms with van der Waals surface area (Å²) in [6.45, 7) is 1.45. The molecule has 0 fully saturated rings. The minimum absolute atomic E-state index is 0.179. The molecule has 50 valence electrons. The SMILES string of the molecule is CC(=CCC=O)C(=O)O. The van der Waals surface area contributed by atoms with Crippen molar-refractivity contribution in [1.29, 1.82) is 0 Å². The van der Waals surface area contributed by atoms with Crippen molar-refractivity contribution in [2.45, 2.75) is 13.3 Å². The summed E-state index contributed by atoms with van der Waals surface area (Å²) in [7, 11) is 0. The van der Waals surface area contributed by atoms with Gasteiger partial charge in [-0.05, 0) is 6.92 Å². The Kier molecular flexibility index (Phi) is 3.35. The Labute approximate surface area is 53.0 Å². The minimum atomic E-state index is -0.975. The standard InChI is InChI=1S/C6H8O3/c1-5(6(8)9)3-2-4-7/h3-4H,2H2,1H3,(H,8,9). The summed E-state index contributed by atoms with van der Waals surface area (Å²) < 4.78 is 0. The second kappa shape index (κ2) is 3.83. The lowest BCUT2D eigenvalue weighted by atomic mass is 10.2. The summed E-state index contributed by atoms with van der Waals surface area (Å²) in [4.78, 5) is 19.7. The number of hydrogen-bond donors (Lipinski definition) is 1. The molecule has 0 amide bonds. The Hall–Kier alpha value is -1.12. The van der Waals surface area contributed by atoms with Gasteiger partial charge in [0.2, 0.25) is 0 Å². The van der Waals surface area contributed by atoms with Crippen molar-refractivity contribution in [3.63, 3.8) is 0 Å². The van der Waals surface area contributed by atoms with Gasteiger partial charge in [-0.3, -0.25) is 0 Å². The highest BCUT2D eigenvalue weighted by molar-refractivity contribution is 5.86. The van der Waals surface area contributed by atoms with E-state index in [0.717, 1.165) is 0 Å². The zero-order valence-electron chi connectivity index (χ0n) is 5.13. The van der Waals surface area contributed by atoms with Crippen molar-refractivity contribution in [1.82, 2.24) is 0 Å². The molecule has 0 rings (SSSR count). The van der Waals surface area contributed by atoms with Gasteiger partial charge in [0.15, 0.2) is 0 Å². The first-order chi connectivity index (χ1) is 4.18. The molecule has 0 spiro atoms. The molecule has 0 aromatic carbocycles. The van der Waals surface area contributed by atoms with Crippen LogP contribution in [0.2, 0.25) is 0 Å². The van der Waals surface area contributed by atoms with Crippen molar-refractivity contribution in [2.24, 2.45) is 0 Å². The Bertz CT molecular complexity index is 146. The molecule has 9 heavy (non-hydrogen) atoms. The number of aliphatic carboxylic acids is 1. The van der Waals surface area contributed by atoms with Crippen LogP contribution in [0.15, 0.2) is 11.6 Å². The number of allylic oxidation sites excluding steroid dienone is 1. The van der Waals surface area contributed by atoms with Crippen molar-refractivity contribution in [3.8, 4) is 0 Å². The van der Waals surface area contributed by atoms with E-state index >= 15 is 0 Å². The zero-order valence-corrected chi connectivity index (χ0v) is 5.13. The van der Waals surface area contributed by atoms with Gasteiger partial charge >= 0.3 is 5.97 Å². The Morgan fingerprint density at radius 2 is 2.22 bits per heavy atom. The summed E-state index contributed by atoms with van der Waals surface area (Å²) in [6.07, 6.45) is 2.21.